The van der Waals surface area contributed by atoms with Crippen LogP contribution >= 0.6 is 0 Å². The van der Waals surface area contributed by atoms with E-state index in [-0.39, 0.29) is 18.4 Å². The van der Waals surface area contributed by atoms with Crippen LogP contribution in [0.1, 0.15) is 26.5 Å². The van der Waals surface area contributed by atoms with Crippen LogP contribution in [0.5, 0.6) is 0 Å². The van der Waals surface area contributed by atoms with Gasteiger partial charge in [-0.1, -0.05) is 20.8 Å². The van der Waals surface area contributed by atoms with Gasteiger partial charge in [-0.15, -0.1) is 0 Å². The van der Waals surface area contributed by atoms with Gasteiger partial charge < -0.3 is 10.6 Å². The average Bonchev–Trinajstić information content (AvgIpc) is 2.70. The first kappa shape index (κ1) is 15.9. The summed E-state index contributed by atoms with van der Waals surface area (Å²) in [4.78, 5) is 27.9. The van der Waals surface area contributed by atoms with E-state index in [0.29, 0.717) is 5.69 Å². The number of aryl methyl sites for hydroxylation is 2. The van der Waals surface area contributed by atoms with Gasteiger partial charge in [-0.05, 0) is 13.0 Å². The lowest BCUT2D eigenvalue weighted by molar-refractivity contribution is -0.130. The molecule has 0 radical (unpaired) electrons. The summed E-state index contributed by atoms with van der Waals surface area (Å²) in [6, 6.07) is 1.83. The zero-order valence-electron chi connectivity index (χ0n) is 13.5. The topological polar surface area (TPSA) is 88.9 Å². The lowest BCUT2D eigenvalue weighted by Crippen LogP contribution is -2.39. The van der Waals surface area contributed by atoms with E-state index in [4.69, 9.17) is 0 Å². The van der Waals surface area contributed by atoms with Gasteiger partial charge >= 0.3 is 0 Å². The van der Waals surface area contributed by atoms with Crippen molar-refractivity contribution in [3.8, 4) is 0 Å². The van der Waals surface area contributed by atoms with Crippen LogP contribution in [0.2, 0.25) is 0 Å². The summed E-state index contributed by atoms with van der Waals surface area (Å²) in [7, 11) is 1.82. The highest BCUT2D eigenvalue weighted by Crippen LogP contribution is 2.19. The number of carbonyl (C=O) groups is 2. The van der Waals surface area contributed by atoms with E-state index >= 15 is 0 Å². The third kappa shape index (κ3) is 3.41. The highest BCUT2D eigenvalue weighted by molar-refractivity contribution is 5.96. The maximum absolute atomic E-state index is 11.9. The van der Waals surface area contributed by atoms with Crippen LogP contribution in [0, 0.1) is 12.3 Å². The molecule has 0 aliphatic carbocycles. The Balaban J connectivity index is 2.03. The van der Waals surface area contributed by atoms with Crippen LogP contribution in [-0.4, -0.2) is 33.1 Å². The van der Waals surface area contributed by atoms with Crippen molar-refractivity contribution in [1.29, 1.82) is 0 Å². The zero-order valence-corrected chi connectivity index (χ0v) is 13.5. The Morgan fingerprint density at radius 1 is 1.32 bits per heavy atom. The minimum Gasteiger partial charge on any atom is -0.347 e. The number of pyridine rings is 1. The maximum atomic E-state index is 11.9. The van der Waals surface area contributed by atoms with Crippen LogP contribution < -0.4 is 10.6 Å². The second-order valence-electron chi connectivity index (χ2n) is 6.29. The first-order valence-corrected chi connectivity index (χ1v) is 7.06. The summed E-state index contributed by atoms with van der Waals surface area (Å²) in [5.41, 5.74) is 1.67. The molecule has 0 unspecified atom stereocenters. The Hall–Kier alpha value is -2.44. The molecule has 7 nitrogen and oxygen atoms in total. The molecule has 0 atom stereocenters. The van der Waals surface area contributed by atoms with Crippen molar-refractivity contribution in [3.63, 3.8) is 0 Å². The largest absolute Gasteiger partial charge is 0.347 e. The molecule has 22 heavy (non-hydrogen) atoms. The lowest BCUT2D eigenvalue weighted by Gasteiger charge is -2.17. The van der Waals surface area contributed by atoms with Crippen molar-refractivity contribution in [3.05, 3.63) is 18.0 Å². The molecule has 2 heterocycles. The van der Waals surface area contributed by atoms with Crippen molar-refractivity contribution in [1.82, 2.24) is 20.1 Å². The van der Waals surface area contributed by atoms with Gasteiger partial charge in [0.25, 0.3) is 0 Å². The average molecular weight is 303 g/mol. The fourth-order valence-corrected chi connectivity index (χ4v) is 2.01. The summed E-state index contributed by atoms with van der Waals surface area (Å²) in [6.45, 7) is 7.20. The molecule has 0 aliphatic rings. The first-order chi connectivity index (χ1) is 10.2. The number of anilines is 1. The molecule has 7 heteroatoms. The van der Waals surface area contributed by atoms with E-state index in [2.05, 4.69) is 20.7 Å². The number of hydrogen-bond donors (Lipinski definition) is 2. The number of amides is 2. The minimum absolute atomic E-state index is 0.0693. The SMILES string of the molecule is Cc1nn(C)c2ncc(NC(=O)CNC(=O)C(C)(C)C)cc12. The molecule has 0 spiro atoms. The number of rotatable bonds is 3. The van der Waals surface area contributed by atoms with Gasteiger partial charge in [0.1, 0.15) is 0 Å². The molecule has 2 rings (SSSR count). The van der Waals surface area contributed by atoms with Crippen LogP contribution in [0.3, 0.4) is 0 Å². The van der Waals surface area contributed by atoms with E-state index in [1.165, 1.54) is 0 Å². The molecule has 0 saturated carbocycles. The summed E-state index contributed by atoms with van der Waals surface area (Å²) in [5.74, 6) is -0.459. The highest BCUT2D eigenvalue weighted by atomic mass is 16.2. The summed E-state index contributed by atoms with van der Waals surface area (Å²) in [5, 5.41) is 10.5. The van der Waals surface area contributed by atoms with Crippen molar-refractivity contribution in [2.24, 2.45) is 12.5 Å². The number of nitrogens with zero attached hydrogens (tertiary/aromatic N) is 3. The van der Waals surface area contributed by atoms with Gasteiger partial charge in [0.15, 0.2) is 5.65 Å². The van der Waals surface area contributed by atoms with E-state index < -0.39 is 5.41 Å². The second-order valence-corrected chi connectivity index (χ2v) is 6.29. The van der Waals surface area contributed by atoms with E-state index in [1.807, 2.05) is 20.0 Å². The van der Waals surface area contributed by atoms with Crippen molar-refractivity contribution < 1.29 is 9.59 Å². The van der Waals surface area contributed by atoms with Gasteiger partial charge in [-0.25, -0.2) is 4.98 Å². The quantitative estimate of drug-likeness (QED) is 0.896. The molecular formula is C15H21N5O2. The molecule has 0 fully saturated rings. The van der Waals surface area contributed by atoms with E-state index in [1.54, 1.807) is 31.6 Å². The molecule has 0 saturated heterocycles. The van der Waals surface area contributed by atoms with Crippen molar-refractivity contribution >= 4 is 28.5 Å². The van der Waals surface area contributed by atoms with Crippen molar-refractivity contribution in [2.75, 3.05) is 11.9 Å². The molecule has 0 aromatic carbocycles. The molecule has 118 valence electrons. The fraction of sp³-hybridized carbons (Fsp3) is 0.467. The lowest BCUT2D eigenvalue weighted by atomic mass is 9.96. The number of aromatic nitrogens is 3. The number of carbonyl (C=O) groups excluding carboxylic acids is 2. The third-order valence-corrected chi connectivity index (χ3v) is 3.24. The Labute approximate surface area is 129 Å². The number of fused-ring (bicyclic) bond motifs is 1. The van der Waals surface area contributed by atoms with E-state index in [9.17, 15) is 9.59 Å². The summed E-state index contributed by atoms with van der Waals surface area (Å²) < 4.78 is 1.69. The van der Waals surface area contributed by atoms with Gasteiger partial charge in [-0.3, -0.25) is 14.3 Å². The van der Waals surface area contributed by atoms with Crippen LogP contribution in [-0.2, 0) is 16.6 Å². The minimum atomic E-state index is -0.520. The number of nitrogens with one attached hydrogen (secondary N) is 2. The van der Waals surface area contributed by atoms with Gasteiger partial charge in [0.2, 0.25) is 11.8 Å². The molecule has 2 aromatic rings. The summed E-state index contributed by atoms with van der Waals surface area (Å²) in [6.07, 6.45) is 1.58. The molecule has 0 bridgehead atoms. The maximum Gasteiger partial charge on any atom is 0.243 e. The Bertz CT molecular complexity index is 727. The standard InChI is InChI=1S/C15H21N5O2/c1-9-11-6-10(7-16-13(11)20(5)19-9)18-12(21)8-17-14(22)15(2,3)4/h6-7H,8H2,1-5H3,(H,17,22)(H,18,21). The van der Waals surface area contributed by atoms with Crippen LogP contribution in [0.25, 0.3) is 11.0 Å². The normalized spacial score (nSPS) is 11.5. The Morgan fingerprint density at radius 2 is 2.00 bits per heavy atom. The van der Waals surface area contributed by atoms with Gasteiger partial charge in [0, 0.05) is 17.8 Å². The second kappa shape index (κ2) is 5.75. The molecular weight excluding hydrogens is 282 g/mol. The predicted molar refractivity (Wildman–Crippen MR) is 84.3 cm³/mol. The van der Waals surface area contributed by atoms with Gasteiger partial charge in [-0.2, -0.15) is 5.10 Å². The van der Waals surface area contributed by atoms with Crippen LogP contribution in [0.4, 0.5) is 5.69 Å². The Kier molecular flexibility index (Phi) is 4.16. The smallest absolute Gasteiger partial charge is 0.243 e. The fourth-order valence-electron chi connectivity index (χ4n) is 2.01. The highest BCUT2D eigenvalue weighted by Gasteiger charge is 2.21. The van der Waals surface area contributed by atoms with Crippen molar-refractivity contribution in [2.45, 2.75) is 27.7 Å². The molecule has 2 amide bonds. The zero-order chi connectivity index (χ0) is 16.5. The molecule has 2 N–H and O–H groups in total. The number of hydrogen-bond acceptors (Lipinski definition) is 4. The first-order valence-electron chi connectivity index (χ1n) is 7.06. The third-order valence-electron chi connectivity index (χ3n) is 3.24. The molecule has 2 aromatic heterocycles. The van der Waals surface area contributed by atoms with Crippen LogP contribution in [0.15, 0.2) is 12.3 Å². The molecule has 0 aliphatic heterocycles. The monoisotopic (exact) mass is 303 g/mol. The predicted octanol–water partition coefficient (Wildman–Crippen LogP) is 1.38. The summed E-state index contributed by atoms with van der Waals surface area (Å²) >= 11 is 0. The Morgan fingerprint density at radius 3 is 2.64 bits per heavy atom. The van der Waals surface area contributed by atoms with E-state index in [0.717, 1.165) is 16.7 Å². The van der Waals surface area contributed by atoms with Gasteiger partial charge in [0.05, 0.1) is 24.1 Å².